The number of hydrogen-bond acceptors (Lipinski definition) is 3. The number of aryl methyl sites for hydroxylation is 1. The van der Waals surface area contributed by atoms with Gasteiger partial charge in [0.15, 0.2) is 0 Å². The Hall–Kier alpha value is -4.44. The lowest BCUT2D eigenvalue weighted by atomic mass is 10.0. The molecule has 0 aliphatic rings. The van der Waals surface area contributed by atoms with Crippen molar-refractivity contribution in [2.75, 3.05) is 0 Å². The van der Waals surface area contributed by atoms with Gasteiger partial charge in [0.1, 0.15) is 5.75 Å². The van der Waals surface area contributed by atoms with E-state index in [1.165, 1.54) is 0 Å². The van der Waals surface area contributed by atoms with Crippen molar-refractivity contribution in [3.63, 3.8) is 0 Å². The number of hydrogen-bond donors (Lipinski definition) is 0. The second-order valence-corrected chi connectivity index (χ2v) is 8.07. The van der Waals surface area contributed by atoms with Gasteiger partial charge in [-0.2, -0.15) is 0 Å². The zero-order valence-corrected chi connectivity index (χ0v) is 18.9. The molecule has 0 saturated carbocycles. The summed E-state index contributed by atoms with van der Waals surface area (Å²) in [5.74, 6) is 0.987. The van der Waals surface area contributed by atoms with Gasteiger partial charge in [-0.25, -0.2) is 4.99 Å². The van der Waals surface area contributed by atoms with Gasteiger partial charge in [0, 0.05) is 24.4 Å². The van der Waals surface area contributed by atoms with Crippen LogP contribution in [0.15, 0.2) is 125 Å². The first-order valence-electron chi connectivity index (χ1n) is 11.2. The highest BCUT2D eigenvalue weighted by Crippen LogP contribution is 2.30. The Labute approximate surface area is 198 Å². The van der Waals surface area contributed by atoms with E-state index in [4.69, 9.17) is 9.73 Å². The van der Waals surface area contributed by atoms with Gasteiger partial charge in [-0.1, -0.05) is 78.9 Å². The second kappa shape index (κ2) is 9.59. The summed E-state index contributed by atoms with van der Waals surface area (Å²) in [5.41, 5.74) is 3.99. The zero-order chi connectivity index (χ0) is 23.3. The van der Waals surface area contributed by atoms with Gasteiger partial charge in [0.05, 0.1) is 16.8 Å². The van der Waals surface area contributed by atoms with Gasteiger partial charge in [-0.15, -0.1) is 0 Å². The maximum absolute atomic E-state index is 13.5. The molecule has 0 radical (unpaired) electrons. The van der Waals surface area contributed by atoms with Crippen LogP contribution >= 0.6 is 0 Å². The summed E-state index contributed by atoms with van der Waals surface area (Å²) in [5, 5.41) is 0.868. The molecule has 5 rings (SSSR count). The van der Waals surface area contributed by atoms with E-state index in [1.54, 1.807) is 11.6 Å². The van der Waals surface area contributed by atoms with E-state index in [2.05, 4.69) is 0 Å². The minimum Gasteiger partial charge on any atom is -0.437 e. The lowest BCUT2D eigenvalue weighted by Crippen LogP contribution is -2.24. The summed E-state index contributed by atoms with van der Waals surface area (Å²) in [6, 6.07) is 37.3. The molecule has 0 atom stereocenters. The monoisotopic (exact) mass is 444 g/mol. The smallest absolute Gasteiger partial charge is 0.258 e. The van der Waals surface area contributed by atoms with Gasteiger partial charge >= 0.3 is 0 Å². The highest BCUT2D eigenvalue weighted by Gasteiger charge is 2.20. The van der Waals surface area contributed by atoms with E-state index >= 15 is 0 Å². The number of fused-ring (bicyclic) bond motifs is 1. The summed E-state index contributed by atoms with van der Waals surface area (Å²) in [6.07, 6.45) is 0.459. The number of rotatable bonds is 5. The number of pyridine rings is 1. The van der Waals surface area contributed by atoms with Crippen molar-refractivity contribution in [3.05, 3.63) is 142 Å². The van der Waals surface area contributed by atoms with Gasteiger partial charge in [-0.05, 0) is 42.0 Å². The SMILES string of the molecule is Cn1c(=O)c(Cc2ccccc2)c(OC(=Nc2ccccc2)c2ccccc2)c2ccccc21. The van der Waals surface area contributed by atoms with Gasteiger partial charge < -0.3 is 9.30 Å². The van der Waals surface area contributed by atoms with Crippen molar-refractivity contribution in [2.45, 2.75) is 6.42 Å². The molecular weight excluding hydrogens is 420 g/mol. The van der Waals surface area contributed by atoms with Gasteiger partial charge in [0.2, 0.25) is 5.90 Å². The van der Waals surface area contributed by atoms with Crippen LogP contribution in [-0.2, 0) is 13.5 Å². The quantitative estimate of drug-likeness (QED) is 0.236. The zero-order valence-electron chi connectivity index (χ0n) is 18.9. The fourth-order valence-corrected chi connectivity index (χ4v) is 4.05. The van der Waals surface area contributed by atoms with Crippen LogP contribution in [-0.4, -0.2) is 10.5 Å². The van der Waals surface area contributed by atoms with Crippen molar-refractivity contribution in [1.29, 1.82) is 0 Å². The predicted octanol–water partition coefficient (Wildman–Crippen LogP) is 6.29. The summed E-state index contributed by atoms with van der Waals surface area (Å²) in [6.45, 7) is 0. The second-order valence-electron chi connectivity index (χ2n) is 8.07. The molecule has 0 unspecified atom stereocenters. The van der Waals surface area contributed by atoms with E-state index in [0.717, 1.165) is 27.7 Å². The molecule has 4 aromatic carbocycles. The van der Waals surface area contributed by atoms with Crippen molar-refractivity contribution >= 4 is 22.5 Å². The Morgan fingerprint density at radius 2 is 1.35 bits per heavy atom. The molecule has 1 aromatic heterocycles. The Balaban J connectivity index is 1.72. The molecule has 0 fully saturated rings. The van der Waals surface area contributed by atoms with Crippen LogP contribution in [0, 0.1) is 0 Å². The van der Waals surface area contributed by atoms with Gasteiger partial charge in [-0.3, -0.25) is 4.79 Å². The van der Waals surface area contributed by atoms with Crippen LogP contribution in [0.1, 0.15) is 16.7 Å². The molecule has 5 aromatic rings. The predicted molar refractivity (Wildman–Crippen MR) is 138 cm³/mol. The molecule has 0 amide bonds. The minimum atomic E-state index is -0.0790. The van der Waals surface area contributed by atoms with Crippen LogP contribution in [0.4, 0.5) is 5.69 Å². The van der Waals surface area contributed by atoms with E-state index in [-0.39, 0.29) is 5.56 Å². The third-order valence-electron chi connectivity index (χ3n) is 5.78. The molecule has 166 valence electrons. The molecule has 0 N–H and O–H groups in total. The first-order valence-corrected chi connectivity index (χ1v) is 11.2. The molecule has 0 spiro atoms. The highest BCUT2D eigenvalue weighted by atomic mass is 16.5. The van der Waals surface area contributed by atoms with Crippen LogP contribution in [0.25, 0.3) is 10.9 Å². The Morgan fingerprint density at radius 3 is 2.06 bits per heavy atom. The number of para-hydroxylation sites is 2. The van der Waals surface area contributed by atoms with Crippen molar-refractivity contribution in [1.82, 2.24) is 4.57 Å². The van der Waals surface area contributed by atoms with Crippen LogP contribution in [0.5, 0.6) is 5.75 Å². The van der Waals surface area contributed by atoms with E-state index in [0.29, 0.717) is 23.6 Å². The van der Waals surface area contributed by atoms with Crippen LogP contribution in [0.2, 0.25) is 0 Å². The van der Waals surface area contributed by atoms with E-state index < -0.39 is 0 Å². The third-order valence-corrected chi connectivity index (χ3v) is 5.78. The number of aromatic nitrogens is 1. The standard InChI is InChI=1S/C30H24N2O2/c1-32-27-20-12-11-19-25(27)28(26(30(32)33)21-22-13-5-2-6-14-22)34-29(23-15-7-3-8-16-23)31-24-17-9-4-10-18-24/h2-20H,21H2,1H3. The lowest BCUT2D eigenvalue weighted by molar-refractivity contribution is 0.549. The average Bonchev–Trinajstić information content (AvgIpc) is 2.90. The molecule has 4 heteroatoms. The fraction of sp³-hybridized carbons (Fsp3) is 0.0667. The van der Waals surface area contributed by atoms with Gasteiger partial charge in [0.25, 0.3) is 5.56 Å². The number of ether oxygens (including phenoxy) is 1. The summed E-state index contributed by atoms with van der Waals surface area (Å²) in [4.78, 5) is 18.3. The lowest BCUT2D eigenvalue weighted by Gasteiger charge is -2.18. The van der Waals surface area contributed by atoms with Crippen LogP contribution in [0.3, 0.4) is 0 Å². The number of benzene rings is 4. The number of aliphatic imine (C=N–C) groups is 1. The first kappa shape index (κ1) is 21.4. The van der Waals surface area contributed by atoms with Crippen molar-refractivity contribution < 1.29 is 4.74 Å². The topological polar surface area (TPSA) is 43.6 Å². The molecule has 1 heterocycles. The van der Waals surface area contributed by atoms with Crippen molar-refractivity contribution in [2.24, 2.45) is 12.0 Å². The Kier molecular flexibility index (Phi) is 6.04. The minimum absolute atomic E-state index is 0.0790. The molecule has 0 aliphatic heterocycles. The number of nitrogens with zero attached hydrogens (tertiary/aromatic N) is 2. The molecule has 0 bridgehead atoms. The average molecular weight is 445 g/mol. The maximum atomic E-state index is 13.5. The normalized spacial score (nSPS) is 11.5. The highest BCUT2D eigenvalue weighted by molar-refractivity contribution is 5.99. The summed E-state index contributed by atoms with van der Waals surface area (Å²) < 4.78 is 8.29. The Bertz CT molecular complexity index is 1510. The fourth-order valence-electron chi connectivity index (χ4n) is 4.05. The largest absolute Gasteiger partial charge is 0.437 e. The Morgan fingerprint density at radius 1 is 0.765 bits per heavy atom. The van der Waals surface area contributed by atoms with Crippen LogP contribution < -0.4 is 10.3 Å². The molecule has 34 heavy (non-hydrogen) atoms. The third kappa shape index (κ3) is 4.39. The van der Waals surface area contributed by atoms with E-state index in [1.807, 2.05) is 115 Å². The first-order chi connectivity index (χ1) is 16.7. The molecule has 0 aliphatic carbocycles. The summed E-state index contributed by atoms with van der Waals surface area (Å²) in [7, 11) is 1.80. The maximum Gasteiger partial charge on any atom is 0.258 e. The van der Waals surface area contributed by atoms with E-state index in [9.17, 15) is 4.79 Å². The van der Waals surface area contributed by atoms with Crippen molar-refractivity contribution in [3.8, 4) is 5.75 Å². The molecular formula is C30H24N2O2. The summed E-state index contributed by atoms with van der Waals surface area (Å²) >= 11 is 0. The molecule has 0 saturated heterocycles. The molecule has 4 nitrogen and oxygen atoms in total.